The van der Waals surface area contributed by atoms with Gasteiger partial charge in [0, 0.05) is 22.3 Å². The van der Waals surface area contributed by atoms with Gasteiger partial charge in [-0.2, -0.15) is 0 Å². The van der Waals surface area contributed by atoms with E-state index in [1.807, 2.05) is 0 Å². The molecule has 0 atom stereocenters. The minimum absolute atomic E-state index is 0.0490. The second-order valence-corrected chi connectivity index (χ2v) is 9.10. The number of carbonyl (C=O) groups is 3. The summed E-state index contributed by atoms with van der Waals surface area (Å²) in [5.74, 6) is -1.29. The van der Waals surface area contributed by atoms with Crippen LogP contribution >= 0.6 is 0 Å². The summed E-state index contributed by atoms with van der Waals surface area (Å²) in [5, 5.41) is 2.66. The molecule has 0 bridgehead atoms. The molecule has 0 unspecified atom stereocenters. The molecule has 7 heteroatoms. The molecule has 4 rings (SSSR count). The number of amides is 1. The Morgan fingerprint density at radius 2 is 1.47 bits per heavy atom. The molecule has 0 spiro atoms. The molecule has 150 valence electrons. The SMILES string of the molecule is CCS(=O)(=O)c1cccc(C(=O)Nc2cccc3c2C(=O)c2ccccc2C3=O)c1. The lowest BCUT2D eigenvalue weighted by atomic mass is 9.83. The number of hydrogen-bond acceptors (Lipinski definition) is 5. The Balaban J connectivity index is 1.73. The van der Waals surface area contributed by atoms with Crippen molar-refractivity contribution in [1.82, 2.24) is 0 Å². The first-order valence-electron chi connectivity index (χ1n) is 9.29. The summed E-state index contributed by atoms with van der Waals surface area (Å²) in [7, 11) is -3.47. The molecule has 0 aromatic heterocycles. The molecule has 0 fully saturated rings. The van der Waals surface area contributed by atoms with Crippen LogP contribution in [-0.2, 0) is 9.84 Å². The van der Waals surface area contributed by atoms with Gasteiger partial charge in [0.2, 0.25) is 0 Å². The normalized spacial score (nSPS) is 12.8. The third-order valence-electron chi connectivity index (χ3n) is 5.04. The van der Waals surface area contributed by atoms with Crippen molar-refractivity contribution in [2.24, 2.45) is 0 Å². The van der Waals surface area contributed by atoms with E-state index in [4.69, 9.17) is 0 Å². The van der Waals surface area contributed by atoms with Crippen LogP contribution in [0, 0.1) is 0 Å². The van der Waals surface area contributed by atoms with Crippen molar-refractivity contribution in [2.45, 2.75) is 11.8 Å². The van der Waals surface area contributed by atoms with Crippen molar-refractivity contribution < 1.29 is 22.8 Å². The highest BCUT2D eigenvalue weighted by atomic mass is 32.2. The molecule has 6 nitrogen and oxygen atoms in total. The van der Waals surface area contributed by atoms with Crippen molar-refractivity contribution in [3.05, 3.63) is 94.5 Å². The second kappa shape index (κ2) is 7.35. The summed E-state index contributed by atoms with van der Waals surface area (Å²) in [6, 6.07) is 16.9. The van der Waals surface area contributed by atoms with E-state index in [9.17, 15) is 22.8 Å². The molecule has 3 aromatic carbocycles. The van der Waals surface area contributed by atoms with Gasteiger partial charge >= 0.3 is 0 Å². The maximum Gasteiger partial charge on any atom is 0.255 e. The van der Waals surface area contributed by atoms with Crippen LogP contribution in [0.3, 0.4) is 0 Å². The smallest absolute Gasteiger partial charge is 0.255 e. The number of benzene rings is 3. The summed E-state index contributed by atoms with van der Waals surface area (Å²) in [4.78, 5) is 38.7. The standard InChI is InChI=1S/C23H17NO5S/c1-2-30(28,29)15-8-5-7-14(13-15)23(27)24-19-12-6-11-18-20(19)22(26)17-10-4-3-9-16(17)21(18)25/h3-13H,2H2,1H3,(H,24,27). The molecule has 1 aliphatic rings. The average molecular weight is 419 g/mol. The highest BCUT2D eigenvalue weighted by Gasteiger charge is 2.31. The largest absolute Gasteiger partial charge is 0.321 e. The number of nitrogens with one attached hydrogen (secondary N) is 1. The molecule has 1 aliphatic carbocycles. The Hall–Kier alpha value is -3.58. The number of ketones is 2. The van der Waals surface area contributed by atoms with Crippen LogP contribution in [0.5, 0.6) is 0 Å². The van der Waals surface area contributed by atoms with Gasteiger partial charge in [-0.15, -0.1) is 0 Å². The Kier molecular flexibility index (Phi) is 4.83. The molecule has 0 saturated carbocycles. The number of sulfone groups is 1. The summed E-state index contributed by atoms with van der Waals surface area (Å²) in [6.45, 7) is 1.53. The molecule has 0 heterocycles. The third kappa shape index (κ3) is 3.23. The number of anilines is 1. The monoisotopic (exact) mass is 419 g/mol. The summed E-state index contributed by atoms with van der Waals surface area (Å²) in [6.07, 6.45) is 0. The number of hydrogen-bond donors (Lipinski definition) is 1. The lowest BCUT2D eigenvalue weighted by Crippen LogP contribution is -2.24. The molecule has 30 heavy (non-hydrogen) atoms. The predicted molar refractivity (Wildman–Crippen MR) is 112 cm³/mol. The van der Waals surface area contributed by atoms with E-state index in [0.717, 1.165) is 0 Å². The van der Waals surface area contributed by atoms with E-state index < -0.39 is 15.7 Å². The van der Waals surface area contributed by atoms with Gasteiger partial charge in [-0.3, -0.25) is 14.4 Å². The van der Waals surface area contributed by atoms with Gasteiger partial charge < -0.3 is 5.32 Å². The zero-order valence-corrected chi connectivity index (χ0v) is 16.8. The van der Waals surface area contributed by atoms with E-state index in [2.05, 4.69) is 5.32 Å². The molecular weight excluding hydrogens is 402 g/mol. The van der Waals surface area contributed by atoms with Crippen molar-refractivity contribution in [2.75, 3.05) is 11.1 Å². The van der Waals surface area contributed by atoms with Crippen molar-refractivity contribution in [3.8, 4) is 0 Å². The van der Waals surface area contributed by atoms with Gasteiger partial charge in [-0.25, -0.2) is 8.42 Å². The average Bonchev–Trinajstić information content (AvgIpc) is 2.77. The van der Waals surface area contributed by atoms with E-state index >= 15 is 0 Å². The van der Waals surface area contributed by atoms with Crippen molar-refractivity contribution in [3.63, 3.8) is 0 Å². The number of fused-ring (bicyclic) bond motifs is 2. The van der Waals surface area contributed by atoms with Crippen LogP contribution in [-0.4, -0.2) is 31.6 Å². The first kappa shape index (κ1) is 19.7. The minimum atomic E-state index is -3.47. The predicted octanol–water partition coefficient (Wildman–Crippen LogP) is 3.51. The maximum atomic E-state index is 13.0. The summed E-state index contributed by atoms with van der Waals surface area (Å²) in [5.41, 5.74) is 1.31. The molecule has 0 aliphatic heterocycles. The molecule has 3 aromatic rings. The Morgan fingerprint density at radius 1 is 0.833 bits per heavy atom. The summed E-state index contributed by atoms with van der Waals surface area (Å²) >= 11 is 0. The van der Waals surface area contributed by atoms with Gasteiger partial charge in [-0.05, 0) is 24.3 Å². The Morgan fingerprint density at radius 3 is 2.17 bits per heavy atom. The fraction of sp³-hybridized carbons (Fsp3) is 0.0870. The zero-order valence-electron chi connectivity index (χ0n) is 16.0. The van der Waals surface area contributed by atoms with E-state index in [1.54, 1.807) is 42.5 Å². The fourth-order valence-corrected chi connectivity index (χ4v) is 4.37. The first-order valence-corrected chi connectivity index (χ1v) is 10.9. The van der Waals surface area contributed by atoms with E-state index in [0.29, 0.717) is 5.56 Å². The van der Waals surface area contributed by atoms with Crippen LogP contribution in [0.2, 0.25) is 0 Å². The van der Waals surface area contributed by atoms with Crippen LogP contribution in [0.1, 0.15) is 49.1 Å². The van der Waals surface area contributed by atoms with Crippen LogP contribution in [0.15, 0.2) is 71.6 Å². The zero-order chi connectivity index (χ0) is 21.5. The van der Waals surface area contributed by atoms with Crippen molar-refractivity contribution in [1.29, 1.82) is 0 Å². The lowest BCUT2D eigenvalue weighted by Gasteiger charge is -2.20. The van der Waals surface area contributed by atoms with Gasteiger partial charge in [0.15, 0.2) is 21.4 Å². The molecule has 0 saturated heterocycles. The van der Waals surface area contributed by atoms with Crippen LogP contribution < -0.4 is 5.32 Å². The van der Waals surface area contributed by atoms with Crippen LogP contribution in [0.25, 0.3) is 0 Å². The van der Waals surface area contributed by atoms with Gasteiger partial charge in [0.05, 0.1) is 21.9 Å². The summed E-state index contributed by atoms with van der Waals surface area (Å²) < 4.78 is 24.2. The maximum absolute atomic E-state index is 13.0. The quantitative estimate of drug-likeness (QED) is 0.546. The molecular formula is C23H17NO5S. The highest BCUT2D eigenvalue weighted by Crippen LogP contribution is 2.32. The van der Waals surface area contributed by atoms with Gasteiger partial charge in [0.1, 0.15) is 0 Å². The minimum Gasteiger partial charge on any atom is -0.321 e. The van der Waals surface area contributed by atoms with Crippen molar-refractivity contribution >= 4 is 33.0 Å². The Bertz CT molecular complexity index is 1320. The molecule has 1 amide bonds. The van der Waals surface area contributed by atoms with E-state index in [1.165, 1.54) is 31.2 Å². The molecule has 1 N–H and O–H groups in total. The molecule has 0 radical (unpaired) electrons. The second-order valence-electron chi connectivity index (χ2n) is 6.82. The number of carbonyl (C=O) groups excluding carboxylic acids is 3. The van der Waals surface area contributed by atoms with E-state index in [-0.39, 0.29) is 50.2 Å². The third-order valence-corrected chi connectivity index (χ3v) is 6.77. The van der Waals surface area contributed by atoms with Gasteiger partial charge in [-0.1, -0.05) is 49.4 Å². The lowest BCUT2D eigenvalue weighted by molar-refractivity contribution is 0.0978. The number of rotatable bonds is 4. The highest BCUT2D eigenvalue weighted by molar-refractivity contribution is 7.91. The first-order chi connectivity index (χ1) is 14.3. The van der Waals surface area contributed by atoms with Crippen LogP contribution in [0.4, 0.5) is 5.69 Å². The Labute approximate surface area is 173 Å². The van der Waals surface area contributed by atoms with Gasteiger partial charge in [0.25, 0.3) is 5.91 Å². The fourth-order valence-electron chi connectivity index (χ4n) is 3.44. The topological polar surface area (TPSA) is 97.4 Å².